The van der Waals surface area contributed by atoms with E-state index in [-0.39, 0.29) is 13.0 Å². The highest BCUT2D eigenvalue weighted by Gasteiger charge is 2.38. The zero-order chi connectivity index (χ0) is 14.4. The normalized spacial score (nSPS) is 22.8. The number of urea groups is 1. The highest BCUT2D eigenvalue weighted by molar-refractivity contribution is 5.83. The minimum Gasteiger partial charge on any atom is -0.480 e. The molecule has 19 heavy (non-hydrogen) atoms. The smallest absolute Gasteiger partial charge is 0.326 e. The van der Waals surface area contributed by atoms with Crippen molar-refractivity contribution in [1.29, 1.82) is 0 Å². The lowest BCUT2D eigenvalue weighted by molar-refractivity contribution is -0.141. The maximum absolute atomic E-state index is 11.9. The molecule has 1 saturated heterocycles. The molecular weight excluding hydrogens is 250 g/mol. The number of nitrogens with one attached hydrogen (secondary N) is 1. The van der Waals surface area contributed by atoms with Crippen LogP contribution in [-0.4, -0.2) is 76.9 Å². The van der Waals surface area contributed by atoms with Crippen molar-refractivity contribution in [3.63, 3.8) is 0 Å². The van der Waals surface area contributed by atoms with Crippen LogP contribution in [0.2, 0.25) is 0 Å². The van der Waals surface area contributed by atoms with Crippen LogP contribution >= 0.6 is 0 Å². The third-order valence-electron chi connectivity index (χ3n) is 3.42. The number of carbonyl (C=O) groups is 2. The van der Waals surface area contributed by atoms with Gasteiger partial charge < -0.3 is 25.3 Å². The standard InChI is InChI=1S/C12H23N3O4/c1-3-14(4-2)6-5-13-12(19)15-8-9(16)7-10(15)11(17)18/h9-10,16H,3-8H2,1-2H3,(H,13,19)(H,17,18). The number of hydrogen-bond acceptors (Lipinski definition) is 4. The van der Waals surface area contributed by atoms with Crippen molar-refractivity contribution in [2.24, 2.45) is 0 Å². The number of likely N-dealkylation sites (tertiary alicyclic amines) is 1. The van der Waals surface area contributed by atoms with Gasteiger partial charge in [-0.25, -0.2) is 9.59 Å². The van der Waals surface area contributed by atoms with E-state index in [9.17, 15) is 14.7 Å². The Hall–Kier alpha value is -1.34. The number of carbonyl (C=O) groups excluding carboxylic acids is 1. The van der Waals surface area contributed by atoms with Crippen LogP contribution in [0.5, 0.6) is 0 Å². The second-order valence-corrected chi connectivity index (χ2v) is 4.65. The topological polar surface area (TPSA) is 93.1 Å². The number of aliphatic hydroxyl groups excluding tert-OH is 1. The van der Waals surface area contributed by atoms with Gasteiger partial charge in [-0.15, -0.1) is 0 Å². The number of aliphatic carboxylic acids is 1. The number of β-amino-alcohol motifs (C(OH)–C–C–N with tert-alkyl or cyclic N) is 1. The second kappa shape index (κ2) is 7.30. The first-order valence-electron chi connectivity index (χ1n) is 6.67. The van der Waals surface area contributed by atoms with Crippen LogP contribution in [0.25, 0.3) is 0 Å². The first-order valence-corrected chi connectivity index (χ1v) is 6.67. The molecule has 0 bridgehead atoms. The molecule has 0 aromatic heterocycles. The van der Waals surface area contributed by atoms with E-state index in [1.54, 1.807) is 0 Å². The summed E-state index contributed by atoms with van der Waals surface area (Å²) in [6.45, 7) is 7.19. The van der Waals surface area contributed by atoms with Crippen LogP contribution in [-0.2, 0) is 4.79 Å². The largest absolute Gasteiger partial charge is 0.480 e. The van der Waals surface area contributed by atoms with Crippen molar-refractivity contribution < 1.29 is 19.8 Å². The number of aliphatic hydroxyl groups is 1. The summed E-state index contributed by atoms with van der Waals surface area (Å²) in [7, 11) is 0. The zero-order valence-corrected chi connectivity index (χ0v) is 11.5. The molecule has 0 aromatic rings. The zero-order valence-electron chi connectivity index (χ0n) is 11.5. The lowest BCUT2D eigenvalue weighted by atomic mass is 10.2. The minimum atomic E-state index is -1.07. The van der Waals surface area contributed by atoms with Gasteiger partial charge in [-0.1, -0.05) is 13.8 Å². The Morgan fingerprint density at radius 2 is 2.00 bits per heavy atom. The fourth-order valence-corrected chi connectivity index (χ4v) is 2.23. The van der Waals surface area contributed by atoms with Gasteiger partial charge in [-0.05, 0) is 13.1 Å². The van der Waals surface area contributed by atoms with Crippen molar-refractivity contribution in [3.8, 4) is 0 Å². The summed E-state index contributed by atoms with van der Waals surface area (Å²) in [4.78, 5) is 26.2. The molecule has 1 rings (SSSR count). The molecule has 2 unspecified atom stereocenters. The fraction of sp³-hybridized carbons (Fsp3) is 0.833. The molecular formula is C12H23N3O4. The number of likely N-dealkylation sites (N-methyl/N-ethyl adjacent to an activating group) is 1. The Labute approximate surface area is 113 Å². The third-order valence-corrected chi connectivity index (χ3v) is 3.42. The predicted molar refractivity (Wildman–Crippen MR) is 69.9 cm³/mol. The van der Waals surface area contributed by atoms with Crippen molar-refractivity contribution in [1.82, 2.24) is 15.1 Å². The Morgan fingerprint density at radius 1 is 1.37 bits per heavy atom. The molecule has 3 N–H and O–H groups in total. The van der Waals surface area contributed by atoms with Gasteiger partial charge in [0, 0.05) is 26.1 Å². The van der Waals surface area contributed by atoms with E-state index in [4.69, 9.17) is 5.11 Å². The second-order valence-electron chi connectivity index (χ2n) is 4.65. The highest BCUT2D eigenvalue weighted by atomic mass is 16.4. The quantitative estimate of drug-likeness (QED) is 0.610. The highest BCUT2D eigenvalue weighted by Crippen LogP contribution is 2.17. The van der Waals surface area contributed by atoms with E-state index < -0.39 is 24.1 Å². The molecule has 110 valence electrons. The van der Waals surface area contributed by atoms with E-state index in [0.717, 1.165) is 19.6 Å². The molecule has 1 fully saturated rings. The summed E-state index contributed by atoms with van der Waals surface area (Å²) in [5.41, 5.74) is 0. The summed E-state index contributed by atoms with van der Waals surface area (Å²) in [5.74, 6) is -1.07. The van der Waals surface area contributed by atoms with E-state index in [1.807, 2.05) is 13.8 Å². The molecule has 7 nitrogen and oxygen atoms in total. The summed E-state index contributed by atoms with van der Waals surface area (Å²) < 4.78 is 0. The van der Waals surface area contributed by atoms with Crippen LogP contribution in [0.4, 0.5) is 4.79 Å². The maximum Gasteiger partial charge on any atom is 0.326 e. The Bertz CT molecular complexity index is 320. The van der Waals surface area contributed by atoms with Crippen LogP contribution in [0, 0.1) is 0 Å². The van der Waals surface area contributed by atoms with Crippen LogP contribution < -0.4 is 5.32 Å². The predicted octanol–water partition coefficient (Wildman–Crippen LogP) is -0.442. The molecule has 2 amide bonds. The van der Waals surface area contributed by atoms with Crippen LogP contribution in [0.15, 0.2) is 0 Å². The van der Waals surface area contributed by atoms with Crippen molar-refractivity contribution in [3.05, 3.63) is 0 Å². The maximum atomic E-state index is 11.9. The van der Waals surface area contributed by atoms with Gasteiger partial charge in [0.1, 0.15) is 6.04 Å². The molecule has 7 heteroatoms. The number of rotatable bonds is 6. The van der Waals surface area contributed by atoms with Crippen molar-refractivity contribution >= 4 is 12.0 Å². The number of nitrogens with zero attached hydrogens (tertiary/aromatic N) is 2. The van der Waals surface area contributed by atoms with Gasteiger partial charge in [0.25, 0.3) is 0 Å². The number of hydrogen-bond donors (Lipinski definition) is 3. The first-order chi connectivity index (χ1) is 8.99. The first kappa shape index (κ1) is 15.7. The van der Waals surface area contributed by atoms with E-state index >= 15 is 0 Å². The average molecular weight is 273 g/mol. The Balaban J connectivity index is 2.42. The van der Waals surface area contributed by atoms with E-state index in [0.29, 0.717) is 6.54 Å². The number of amides is 2. The summed E-state index contributed by atoms with van der Waals surface area (Å²) >= 11 is 0. The van der Waals surface area contributed by atoms with Gasteiger partial charge >= 0.3 is 12.0 Å². The summed E-state index contributed by atoms with van der Waals surface area (Å²) in [6.07, 6.45) is -0.659. The monoisotopic (exact) mass is 273 g/mol. The SMILES string of the molecule is CCN(CC)CCNC(=O)N1CC(O)CC1C(=O)O. The van der Waals surface area contributed by atoms with Gasteiger partial charge in [0.05, 0.1) is 6.10 Å². The fourth-order valence-electron chi connectivity index (χ4n) is 2.23. The number of carboxylic acids is 1. The third kappa shape index (κ3) is 4.36. The molecule has 1 heterocycles. The lowest BCUT2D eigenvalue weighted by Gasteiger charge is -2.23. The molecule has 2 atom stereocenters. The summed E-state index contributed by atoms with van der Waals surface area (Å²) in [6, 6.07) is -1.35. The van der Waals surface area contributed by atoms with Crippen molar-refractivity contribution in [2.45, 2.75) is 32.4 Å². The van der Waals surface area contributed by atoms with E-state index in [1.165, 1.54) is 4.90 Å². The van der Waals surface area contributed by atoms with E-state index in [2.05, 4.69) is 10.2 Å². The molecule has 1 aliphatic heterocycles. The Morgan fingerprint density at radius 3 is 2.53 bits per heavy atom. The van der Waals surface area contributed by atoms with Gasteiger partial charge in [0.15, 0.2) is 0 Å². The number of carboxylic acid groups (broad SMARTS) is 1. The van der Waals surface area contributed by atoms with Crippen LogP contribution in [0.3, 0.4) is 0 Å². The van der Waals surface area contributed by atoms with Gasteiger partial charge in [-0.2, -0.15) is 0 Å². The summed E-state index contributed by atoms with van der Waals surface area (Å²) in [5, 5.41) is 21.2. The molecule has 1 aliphatic rings. The van der Waals surface area contributed by atoms with Gasteiger partial charge in [0.2, 0.25) is 0 Å². The molecule has 0 aromatic carbocycles. The molecule has 0 saturated carbocycles. The van der Waals surface area contributed by atoms with Crippen molar-refractivity contribution in [2.75, 3.05) is 32.7 Å². The lowest BCUT2D eigenvalue weighted by Crippen LogP contribution is -2.47. The van der Waals surface area contributed by atoms with Gasteiger partial charge in [-0.3, -0.25) is 0 Å². The molecule has 0 spiro atoms. The Kier molecular flexibility index (Phi) is 6.04. The molecule has 0 radical (unpaired) electrons. The van der Waals surface area contributed by atoms with Crippen LogP contribution in [0.1, 0.15) is 20.3 Å². The average Bonchev–Trinajstić information content (AvgIpc) is 2.77. The minimum absolute atomic E-state index is 0.0775. The molecule has 0 aliphatic carbocycles.